The minimum atomic E-state index is -4.58. The number of benzene rings is 1. The van der Waals surface area contributed by atoms with E-state index >= 15 is 0 Å². The van der Waals surface area contributed by atoms with Gasteiger partial charge in [0.25, 0.3) is 0 Å². The summed E-state index contributed by atoms with van der Waals surface area (Å²) in [5.41, 5.74) is 0.140. The van der Waals surface area contributed by atoms with E-state index in [0.717, 1.165) is 12.3 Å². The highest BCUT2D eigenvalue weighted by Gasteiger charge is 2.32. The number of rotatable bonds is 8. The van der Waals surface area contributed by atoms with Crippen LogP contribution in [0, 0.1) is 6.92 Å². The first kappa shape index (κ1) is 25.6. The molecule has 0 saturated heterocycles. The maximum atomic E-state index is 12.8. The lowest BCUT2D eigenvalue weighted by molar-refractivity contribution is -0.141. The lowest BCUT2D eigenvalue weighted by Crippen LogP contribution is -2.21. The van der Waals surface area contributed by atoms with Gasteiger partial charge < -0.3 is 14.8 Å². The number of alkyl halides is 3. The van der Waals surface area contributed by atoms with Crippen LogP contribution in [0.2, 0.25) is 0 Å². The van der Waals surface area contributed by atoms with Gasteiger partial charge in [-0.05, 0) is 44.0 Å². The van der Waals surface area contributed by atoms with E-state index in [1.54, 1.807) is 26.0 Å². The molecule has 2 heterocycles. The summed E-state index contributed by atoms with van der Waals surface area (Å²) in [7, 11) is 0. The van der Waals surface area contributed by atoms with Crippen molar-refractivity contribution in [3.63, 3.8) is 0 Å². The van der Waals surface area contributed by atoms with Crippen LogP contribution in [-0.2, 0) is 28.5 Å². The molecule has 8 nitrogen and oxygen atoms in total. The molecule has 0 aliphatic heterocycles. The molecule has 0 fully saturated rings. The van der Waals surface area contributed by atoms with Crippen LogP contribution in [0.25, 0.3) is 0 Å². The number of amides is 1. The molecule has 1 amide bonds. The summed E-state index contributed by atoms with van der Waals surface area (Å²) in [5, 5.41) is 2.65. The van der Waals surface area contributed by atoms with E-state index in [9.17, 15) is 22.8 Å². The zero-order valence-electron chi connectivity index (χ0n) is 19.3. The highest BCUT2D eigenvalue weighted by atomic mass is 19.4. The SMILES string of the molecule is CCOC(=O)c1c(CC)nc(C)nc1NC(=O)Cc1ccc(Oc2ccnc(C(F)(F)F)c2)cc1. The van der Waals surface area contributed by atoms with E-state index in [2.05, 4.69) is 20.3 Å². The van der Waals surface area contributed by atoms with Crippen molar-refractivity contribution in [2.75, 3.05) is 11.9 Å². The number of hydrogen-bond donors (Lipinski definition) is 1. The van der Waals surface area contributed by atoms with Gasteiger partial charge in [-0.25, -0.2) is 14.8 Å². The van der Waals surface area contributed by atoms with E-state index in [1.807, 2.05) is 6.92 Å². The average molecular weight is 488 g/mol. The Labute approximate surface area is 199 Å². The third kappa shape index (κ3) is 6.75. The number of esters is 1. The fourth-order valence-corrected chi connectivity index (χ4v) is 3.20. The minimum absolute atomic E-state index is 0.0184. The van der Waals surface area contributed by atoms with Crippen LogP contribution >= 0.6 is 0 Å². The number of nitrogens with zero attached hydrogens (tertiary/aromatic N) is 3. The van der Waals surface area contributed by atoms with Crippen LogP contribution in [0.15, 0.2) is 42.6 Å². The molecule has 1 aromatic carbocycles. The predicted octanol–water partition coefficient (Wildman–Crippen LogP) is 4.91. The highest BCUT2D eigenvalue weighted by Crippen LogP contribution is 2.31. The second kappa shape index (κ2) is 10.9. The fourth-order valence-electron chi connectivity index (χ4n) is 3.20. The summed E-state index contributed by atoms with van der Waals surface area (Å²) in [6.07, 6.45) is -3.16. The second-order valence-corrected chi connectivity index (χ2v) is 7.36. The normalized spacial score (nSPS) is 11.1. The number of pyridine rings is 1. The van der Waals surface area contributed by atoms with Crippen LogP contribution in [-0.4, -0.2) is 33.4 Å². The van der Waals surface area contributed by atoms with Crippen molar-refractivity contribution in [3.8, 4) is 11.5 Å². The number of halogens is 3. The summed E-state index contributed by atoms with van der Waals surface area (Å²) < 4.78 is 49.0. The van der Waals surface area contributed by atoms with Gasteiger partial charge in [-0.2, -0.15) is 13.2 Å². The van der Waals surface area contributed by atoms with Gasteiger partial charge in [0.2, 0.25) is 5.91 Å². The summed E-state index contributed by atoms with van der Waals surface area (Å²) in [6, 6.07) is 8.39. The van der Waals surface area contributed by atoms with Crippen molar-refractivity contribution in [1.82, 2.24) is 15.0 Å². The molecule has 11 heteroatoms. The second-order valence-electron chi connectivity index (χ2n) is 7.36. The van der Waals surface area contributed by atoms with E-state index < -0.39 is 23.7 Å². The number of ether oxygens (including phenoxy) is 2. The number of hydrogen-bond acceptors (Lipinski definition) is 7. The largest absolute Gasteiger partial charge is 0.462 e. The molecule has 35 heavy (non-hydrogen) atoms. The van der Waals surface area contributed by atoms with Gasteiger partial charge in [0.05, 0.1) is 18.7 Å². The lowest BCUT2D eigenvalue weighted by Gasteiger charge is -2.13. The molecular weight excluding hydrogens is 465 g/mol. The first-order valence-electron chi connectivity index (χ1n) is 10.7. The molecule has 0 atom stereocenters. The number of carbonyl (C=O) groups is 2. The molecule has 3 aromatic rings. The van der Waals surface area contributed by atoms with Crippen molar-refractivity contribution < 1.29 is 32.2 Å². The topological polar surface area (TPSA) is 103 Å². The van der Waals surface area contributed by atoms with E-state index in [4.69, 9.17) is 9.47 Å². The van der Waals surface area contributed by atoms with Crippen LogP contribution < -0.4 is 10.1 Å². The third-order valence-corrected chi connectivity index (χ3v) is 4.71. The third-order valence-electron chi connectivity index (χ3n) is 4.71. The predicted molar refractivity (Wildman–Crippen MR) is 120 cm³/mol. The first-order chi connectivity index (χ1) is 16.6. The van der Waals surface area contributed by atoms with Gasteiger partial charge >= 0.3 is 12.1 Å². The van der Waals surface area contributed by atoms with E-state index in [0.29, 0.717) is 23.5 Å². The van der Waals surface area contributed by atoms with Gasteiger partial charge in [0.15, 0.2) is 5.82 Å². The van der Waals surface area contributed by atoms with E-state index in [1.165, 1.54) is 18.2 Å². The Morgan fingerprint density at radius 1 is 1.03 bits per heavy atom. The monoisotopic (exact) mass is 488 g/mol. The van der Waals surface area contributed by atoms with Crippen LogP contribution in [0.4, 0.5) is 19.0 Å². The molecule has 0 saturated carbocycles. The molecule has 2 aromatic heterocycles. The Bertz CT molecular complexity index is 1210. The molecular formula is C24H23F3N4O4. The summed E-state index contributed by atoms with van der Waals surface area (Å²) in [6.45, 7) is 5.32. The Morgan fingerprint density at radius 3 is 2.37 bits per heavy atom. The van der Waals surface area contributed by atoms with Gasteiger partial charge in [-0.3, -0.25) is 9.78 Å². The zero-order chi connectivity index (χ0) is 25.6. The maximum Gasteiger partial charge on any atom is 0.433 e. The standard InChI is InChI=1S/C24H23F3N4O4/c1-4-18-21(23(33)34-5-2)22(30-14(3)29-18)31-20(32)12-15-6-8-16(9-7-15)35-17-10-11-28-19(13-17)24(25,26)27/h6-11,13H,4-5,12H2,1-3H3,(H,29,30,31,32). The molecule has 0 spiro atoms. The van der Waals surface area contributed by atoms with E-state index in [-0.39, 0.29) is 35.9 Å². The summed E-state index contributed by atoms with van der Waals surface area (Å²) >= 11 is 0. The summed E-state index contributed by atoms with van der Waals surface area (Å²) in [4.78, 5) is 36.8. The average Bonchev–Trinajstić information content (AvgIpc) is 2.79. The molecule has 3 rings (SSSR count). The first-order valence-corrected chi connectivity index (χ1v) is 10.7. The Kier molecular flexibility index (Phi) is 8.00. The van der Waals surface area contributed by atoms with Crippen LogP contribution in [0.5, 0.6) is 11.5 Å². The van der Waals surface area contributed by atoms with Crippen molar-refractivity contribution in [1.29, 1.82) is 0 Å². The van der Waals surface area contributed by atoms with Crippen molar-refractivity contribution in [2.24, 2.45) is 0 Å². The number of carbonyl (C=O) groups excluding carboxylic acids is 2. The Hall–Kier alpha value is -4.02. The Morgan fingerprint density at radius 2 is 1.74 bits per heavy atom. The molecule has 0 aliphatic rings. The highest BCUT2D eigenvalue weighted by molar-refractivity contribution is 6.01. The number of aryl methyl sites for hydroxylation is 2. The maximum absolute atomic E-state index is 12.8. The van der Waals surface area contributed by atoms with Crippen molar-refractivity contribution in [2.45, 2.75) is 39.8 Å². The number of aromatic nitrogens is 3. The molecule has 0 bridgehead atoms. The lowest BCUT2D eigenvalue weighted by atomic mass is 10.1. The minimum Gasteiger partial charge on any atom is -0.462 e. The molecule has 1 N–H and O–H groups in total. The Balaban J connectivity index is 1.71. The molecule has 184 valence electrons. The van der Waals surface area contributed by atoms with Crippen molar-refractivity contribution in [3.05, 3.63) is 70.9 Å². The molecule has 0 aliphatic carbocycles. The number of nitrogens with one attached hydrogen (secondary N) is 1. The fraction of sp³-hybridized carbons (Fsp3) is 0.292. The number of anilines is 1. The molecule has 0 radical (unpaired) electrons. The van der Waals surface area contributed by atoms with Crippen molar-refractivity contribution >= 4 is 17.7 Å². The van der Waals surface area contributed by atoms with Gasteiger partial charge in [-0.15, -0.1) is 0 Å². The van der Waals surface area contributed by atoms with Gasteiger partial charge in [-0.1, -0.05) is 19.1 Å². The zero-order valence-corrected chi connectivity index (χ0v) is 19.3. The van der Waals surface area contributed by atoms with Gasteiger partial charge in [0.1, 0.15) is 28.6 Å². The summed E-state index contributed by atoms with van der Waals surface area (Å²) in [5.74, 6) is -0.293. The van der Waals surface area contributed by atoms with Crippen LogP contribution in [0.3, 0.4) is 0 Å². The molecule has 0 unspecified atom stereocenters. The van der Waals surface area contributed by atoms with Crippen LogP contribution in [0.1, 0.15) is 47.0 Å². The van der Waals surface area contributed by atoms with Gasteiger partial charge in [0, 0.05) is 12.3 Å². The quantitative estimate of drug-likeness (QED) is 0.449. The smallest absolute Gasteiger partial charge is 0.433 e.